The normalized spacial score (nSPS) is 10.5. The molecule has 0 fully saturated rings. The van der Waals surface area contributed by atoms with Crippen molar-refractivity contribution in [3.63, 3.8) is 0 Å². The Morgan fingerprint density at radius 3 is 2.72 bits per heavy atom. The largest absolute Gasteiger partial charge is 0.508 e. The molecule has 1 heterocycles. The van der Waals surface area contributed by atoms with E-state index in [-0.39, 0.29) is 31.9 Å². The van der Waals surface area contributed by atoms with Gasteiger partial charge in [-0.05, 0) is 24.3 Å². The number of fused-ring (bicyclic) bond motifs is 1. The Labute approximate surface area is 167 Å². The number of carbonyl (C=O) groups is 2. The van der Waals surface area contributed by atoms with Crippen molar-refractivity contribution in [1.82, 2.24) is 5.32 Å². The molecular formula is C21H21NO7. The van der Waals surface area contributed by atoms with Gasteiger partial charge in [-0.15, -0.1) is 0 Å². The van der Waals surface area contributed by atoms with E-state index in [2.05, 4.69) is 5.32 Å². The van der Waals surface area contributed by atoms with E-state index in [1.165, 1.54) is 18.4 Å². The zero-order valence-corrected chi connectivity index (χ0v) is 15.8. The van der Waals surface area contributed by atoms with Crippen LogP contribution >= 0.6 is 0 Å². The van der Waals surface area contributed by atoms with E-state index in [0.717, 1.165) is 0 Å². The molecular weight excluding hydrogens is 378 g/mol. The molecule has 8 heteroatoms. The second-order valence-corrected chi connectivity index (χ2v) is 6.13. The van der Waals surface area contributed by atoms with Gasteiger partial charge in [-0.1, -0.05) is 12.1 Å². The summed E-state index contributed by atoms with van der Waals surface area (Å²) >= 11 is 0. The highest BCUT2D eigenvalue weighted by Crippen LogP contribution is 2.26. The number of hydrogen-bond donors (Lipinski definition) is 2. The summed E-state index contributed by atoms with van der Waals surface area (Å²) in [5, 5.41) is 12.8. The molecule has 8 nitrogen and oxygen atoms in total. The Bertz CT molecular complexity index is 996. The molecule has 0 saturated heterocycles. The lowest BCUT2D eigenvalue weighted by Gasteiger charge is -2.11. The number of nitrogens with one attached hydrogen (secondary N) is 1. The Hall–Kier alpha value is -3.68. The number of ether oxygens (including phenoxy) is 3. The zero-order valence-electron chi connectivity index (χ0n) is 15.8. The molecule has 3 rings (SSSR count). The average Bonchev–Trinajstić information content (AvgIpc) is 3.11. The van der Waals surface area contributed by atoms with Gasteiger partial charge in [-0.2, -0.15) is 0 Å². The number of aromatic hydroxyl groups is 1. The van der Waals surface area contributed by atoms with Gasteiger partial charge in [-0.25, -0.2) is 0 Å². The van der Waals surface area contributed by atoms with Gasteiger partial charge in [0.1, 0.15) is 17.9 Å². The highest BCUT2D eigenvalue weighted by molar-refractivity contribution is 5.87. The third-order valence-corrected chi connectivity index (χ3v) is 4.09. The molecule has 152 valence electrons. The summed E-state index contributed by atoms with van der Waals surface area (Å²) in [6, 6.07) is 11.8. The fourth-order valence-corrected chi connectivity index (χ4v) is 2.70. The van der Waals surface area contributed by atoms with Gasteiger partial charge in [-0.3, -0.25) is 9.59 Å². The van der Waals surface area contributed by atoms with Crippen molar-refractivity contribution in [1.29, 1.82) is 0 Å². The summed E-state index contributed by atoms with van der Waals surface area (Å²) in [7, 11) is 1.55. The number of rotatable bonds is 9. The number of amides is 1. The van der Waals surface area contributed by atoms with Crippen LogP contribution in [0, 0.1) is 0 Å². The first-order valence-electron chi connectivity index (χ1n) is 8.94. The van der Waals surface area contributed by atoms with Crippen molar-refractivity contribution in [2.24, 2.45) is 0 Å². The van der Waals surface area contributed by atoms with Crippen LogP contribution in [-0.4, -0.2) is 43.9 Å². The number of para-hydroxylation sites is 2. The maximum absolute atomic E-state index is 12.0. The summed E-state index contributed by atoms with van der Waals surface area (Å²) in [4.78, 5) is 23.8. The third kappa shape index (κ3) is 5.41. The fourth-order valence-electron chi connectivity index (χ4n) is 2.70. The molecule has 1 amide bonds. The van der Waals surface area contributed by atoms with Gasteiger partial charge < -0.3 is 29.1 Å². The van der Waals surface area contributed by atoms with Crippen LogP contribution in [0.25, 0.3) is 11.0 Å². The van der Waals surface area contributed by atoms with Crippen LogP contribution in [0.5, 0.6) is 17.2 Å². The predicted octanol–water partition coefficient (Wildman–Crippen LogP) is 2.43. The standard InChI is InChI=1S/C21H21NO7/c1-26-17-4-2-3-5-18(17)27-9-8-22-20(24)13-29-21(25)10-14-12-28-19-11-15(23)6-7-16(14)19/h2-7,11-12,23H,8-10,13H2,1H3,(H,22,24). The van der Waals surface area contributed by atoms with Crippen molar-refractivity contribution in [2.45, 2.75) is 6.42 Å². The SMILES string of the molecule is COc1ccccc1OCCNC(=O)COC(=O)Cc1coc2cc(O)ccc12. The summed E-state index contributed by atoms with van der Waals surface area (Å²) in [6.07, 6.45) is 1.39. The molecule has 2 aromatic carbocycles. The van der Waals surface area contributed by atoms with Gasteiger partial charge in [0.05, 0.1) is 26.3 Å². The number of furan rings is 1. The number of benzene rings is 2. The summed E-state index contributed by atoms with van der Waals surface area (Å²) in [6.45, 7) is 0.113. The van der Waals surface area contributed by atoms with Gasteiger partial charge >= 0.3 is 5.97 Å². The lowest BCUT2D eigenvalue weighted by molar-refractivity contribution is -0.147. The first kappa shape index (κ1) is 20.1. The molecule has 0 atom stereocenters. The number of hydrogen-bond acceptors (Lipinski definition) is 7. The second kappa shape index (κ2) is 9.50. The van der Waals surface area contributed by atoms with Gasteiger partial charge in [0.15, 0.2) is 18.1 Å². The molecule has 3 aromatic rings. The zero-order chi connectivity index (χ0) is 20.6. The van der Waals surface area contributed by atoms with E-state index >= 15 is 0 Å². The lowest BCUT2D eigenvalue weighted by atomic mass is 10.1. The maximum atomic E-state index is 12.0. The predicted molar refractivity (Wildman–Crippen MR) is 104 cm³/mol. The number of methoxy groups -OCH3 is 1. The fraction of sp³-hybridized carbons (Fsp3) is 0.238. The number of esters is 1. The van der Waals surface area contributed by atoms with Gasteiger partial charge in [0, 0.05) is 17.0 Å². The molecule has 1 aromatic heterocycles. The average molecular weight is 399 g/mol. The minimum absolute atomic E-state index is 0.0397. The van der Waals surface area contributed by atoms with E-state index in [0.29, 0.717) is 28.0 Å². The van der Waals surface area contributed by atoms with E-state index in [1.54, 1.807) is 25.3 Å². The molecule has 29 heavy (non-hydrogen) atoms. The van der Waals surface area contributed by atoms with Crippen molar-refractivity contribution in [2.75, 3.05) is 26.9 Å². The molecule has 0 aliphatic rings. The molecule has 0 aliphatic heterocycles. The minimum atomic E-state index is -0.554. The Kier molecular flexibility index (Phi) is 6.57. The monoisotopic (exact) mass is 399 g/mol. The smallest absolute Gasteiger partial charge is 0.310 e. The van der Waals surface area contributed by atoms with Crippen LogP contribution in [0.4, 0.5) is 0 Å². The summed E-state index contributed by atoms with van der Waals surface area (Å²) in [5.41, 5.74) is 1.09. The van der Waals surface area contributed by atoms with E-state index in [1.807, 2.05) is 12.1 Å². The molecule has 0 radical (unpaired) electrons. The topological polar surface area (TPSA) is 107 Å². The number of phenols is 1. The Morgan fingerprint density at radius 1 is 1.14 bits per heavy atom. The highest BCUT2D eigenvalue weighted by Gasteiger charge is 2.13. The Morgan fingerprint density at radius 2 is 1.93 bits per heavy atom. The van der Waals surface area contributed by atoms with Gasteiger partial charge in [0.25, 0.3) is 5.91 Å². The van der Waals surface area contributed by atoms with E-state index < -0.39 is 11.9 Å². The first-order valence-corrected chi connectivity index (χ1v) is 8.94. The maximum Gasteiger partial charge on any atom is 0.310 e. The quantitative estimate of drug-likeness (QED) is 0.420. The van der Waals surface area contributed by atoms with Crippen LogP contribution in [0.15, 0.2) is 53.1 Å². The molecule has 0 bridgehead atoms. The first-order chi connectivity index (χ1) is 14.1. The van der Waals surface area contributed by atoms with Crippen LogP contribution < -0.4 is 14.8 Å². The summed E-state index contributed by atoms with van der Waals surface area (Å²) < 4.78 is 21.0. The number of phenolic OH excluding ortho intramolecular Hbond substituents is 1. The highest BCUT2D eigenvalue weighted by atomic mass is 16.5. The van der Waals surface area contributed by atoms with Crippen molar-refractivity contribution >= 4 is 22.8 Å². The third-order valence-electron chi connectivity index (χ3n) is 4.09. The summed E-state index contributed by atoms with van der Waals surface area (Å²) in [5.74, 6) is 0.281. The van der Waals surface area contributed by atoms with Crippen LogP contribution in [0.3, 0.4) is 0 Å². The molecule has 0 aliphatic carbocycles. The molecule has 0 unspecified atom stereocenters. The van der Waals surface area contributed by atoms with Crippen molar-refractivity contribution in [3.8, 4) is 17.2 Å². The lowest BCUT2D eigenvalue weighted by Crippen LogP contribution is -2.32. The van der Waals surface area contributed by atoms with E-state index in [9.17, 15) is 14.7 Å². The molecule has 2 N–H and O–H groups in total. The van der Waals surface area contributed by atoms with Crippen LogP contribution in [-0.2, 0) is 20.7 Å². The van der Waals surface area contributed by atoms with Crippen molar-refractivity contribution < 1.29 is 33.3 Å². The van der Waals surface area contributed by atoms with Crippen LogP contribution in [0.2, 0.25) is 0 Å². The molecule has 0 saturated carbocycles. The van der Waals surface area contributed by atoms with Crippen LogP contribution in [0.1, 0.15) is 5.56 Å². The second-order valence-electron chi connectivity index (χ2n) is 6.13. The minimum Gasteiger partial charge on any atom is -0.508 e. The van der Waals surface area contributed by atoms with Gasteiger partial charge in [0.2, 0.25) is 0 Å². The number of carbonyl (C=O) groups excluding carboxylic acids is 2. The Balaban J connectivity index is 1.38. The van der Waals surface area contributed by atoms with Crippen molar-refractivity contribution in [3.05, 3.63) is 54.3 Å². The van der Waals surface area contributed by atoms with E-state index in [4.69, 9.17) is 18.6 Å². The molecule has 0 spiro atoms.